The first-order valence-corrected chi connectivity index (χ1v) is 12.4. The molecular weight excluding hydrogens is 432 g/mol. The number of anilines is 1. The molecule has 0 unspecified atom stereocenters. The van der Waals surface area contributed by atoms with Crippen molar-refractivity contribution in [3.05, 3.63) is 77.2 Å². The van der Waals surface area contributed by atoms with Gasteiger partial charge in [0.2, 0.25) is 5.91 Å². The van der Waals surface area contributed by atoms with E-state index in [0.717, 1.165) is 40.4 Å². The zero-order valence-electron chi connectivity index (χ0n) is 17.0. The molecule has 1 amide bonds. The van der Waals surface area contributed by atoms with Crippen molar-refractivity contribution in [1.82, 2.24) is 4.31 Å². The van der Waals surface area contributed by atoms with E-state index in [2.05, 4.69) is 5.32 Å². The van der Waals surface area contributed by atoms with Crippen LogP contribution < -0.4 is 10.1 Å². The maximum Gasteiger partial charge on any atom is 0.252 e. The van der Waals surface area contributed by atoms with Gasteiger partial charge in [0.25, 0.3) is 10.0 Å². The third-order valence-electron chi connectivity index (χ3n) is 5.02. The van der Waals surface area contributed by atoms with E-state index < -0.39 is 10.0 Å². The molecule has 1 saturated heterocycles. The van der Waals surface area contributed by atoms with Gasteiger partial charge in [-0.2, -0.15) is 4.31 Å². The van der Waals surface area contributed by atoms with Gasteiger partial charge < -0.3 is 10.1 Å². The third kappa shape index (κ3) is 5.52. The highest BCUT2D eigenvalue weighted by molar-refractivity contribution is 7.91. The summed E-state index contributed by atoms with van der Waals surface area (Å²) in [6.45, 7) is 1.62. The standard InChI is InChI=1S/C23H24N2O4S2/c26-22(16-21-12-13-23(30-21)31(27,28)25-14-4-5-15-25)24-19-8-10-20(11-9-19)29-17-18-6-2-1-3-7-18/h1-3,6-13H,4-5,14-17H2,(H,24,26). The topological polar surface area (TPSA) is 75.7 Å². The van der Waals surface area contributed by atoms with Gasteiger partial charge in [-0.1, -0.05) is 30.3 Å². The van der Waals surface area contributed by atoms with Gasteiger partial charge in [0, 0.05) is 23.7 Å². The zero-order chi connectivity index (χ0) is 21.7. The van der Waals surface area contributed by atoms with E-state index >= 15 is 0 Å². The molecule has 0 aliphatic carbocycles. The van der Waals surface area contributed by atoms with Crippen molar-refractivity contribution >= 4 is 33.0 Å². The Balaban J connectivity index is 1.30. The molecule has 1 aliphatic heterocycles. The smallest absolute Gasteiger partial charge is 0.252 e. The summed E-state index contributed by atoms with van der Waals surface area (Å²) in [6, 6.07) is 20.4. The molecule has 8 heteroatoms. The molecule has 6 nitrogen and oxygen atoms in total. The molecule has 2 aromatic carbocycles. The summed E-state index contributed by atoms with van der Waals surface area (Å²) in [7, 11) is -3.44. The average Bonchev–Trinajstić information content (AvgIpc) is 3.47. The lowest BCUT2D eigenvalue weighted by Gasteiger charge is -2.13. The Kier molecular flexibility index (Phi) is 6.70. The second-order valence-electron chi connectivity index (χ2n) is 7.36. The van der Waals surface area contributed by atoms with Crippen LogP contribution in [0.4, 0.5) is 5.69 Å². The van der Waals surface area contributed by atoms with Crippen molar-refractivity contribution in [2.24, 2.45) is 0 Å². The van der Waals surface area contributed by atoms with Crippen LogP contribution in [0.5, 0.6) is 5.75 Å². The van der Waals surface area contributed by atoms with E-state index in [1.54, 1.807) is 24.3 Å². The summed E-state index contributed by atoms with van der Waals surface area (Å²) in [5.41, 5.74) is 1.75. The summed E-state index contributed by atoms with van der Waals surface area (Å²) in [5.74, 6) is 0.529. The maximum atomic E-state index is 12.6. The van der Waals surface area contributed by atoms with Crippen LogP contribution in [0.15, 0.2) is 70.9 Å². The number of benzene rings is 2. The molecule has 162 valence electrons. The van der Waals surface area contributed by atoms with Crippen LogP contribution in [-0.2, 0) is 27.8 Å². The van der Waals surface area contributed by atoms with Crippen molar-refractivity contribution in [3.63, 3.8) is 0 Å². The first kappa shape index (κ1) is 21.5. The van der Waals surface area contributed by atoms with Crippen LogP contribution >= 0.6 is 11.3 Å². The molecule has 1 N–H and O–H groups in total. The minimum Gasteiger partial charge on any atom is -0.489 e. The highest BCUT2D eigenvalue weighted by Crippen LogP contribution is 2.28. The number of rotatable bonds is 8. The van der Waals surface area contributed by atoms with E-state index in [4.69, 9.17) is 4.74 Å². The lowest BCUT2D eigenvalue weighted by molar-refractivity contribution is -0.115. The molecule has 1 aliphatic rings. The SMILES string of the molecule is O=C(Cc1ccc(S(=O)(=O)N2CCCC2)s1)Nc1ccc(OCc2ccccc2)cc1. The van der Waals surface area contributed by atoms with Gasteiger partial charge in [-0.15, -0.1) is 11.3 Å². The zero-order valence-corrected chi connectivity index (χ0v) is 18.6. The monoisotopic (exact) mass is 456 g/mol. The van der Waals surface area contributed by atoms with Gasteiger partial charge >= 0.3 is 0 Å². The number of hydrogen-bond donors (Lipinski definition) is 1. The molecule has 1 fully saturated rings. The lowest BCUT2D eigenvalue weighted by atomic mass is 10.2. The molecular formula is C23H24N2O4S2. The number of carbonyl (C=O) groups is 1. The van der Waals surface area contributed by atoms with Gasteiger partial charge in [0.15, 0.2) is 0 Å². The van der Waals surface area contributed by atoms with Crippen LogP contribution in [0.3, 0.4) is 0 Å². The Morgan fingerprint density at radius 3 is 2.39 bits per heavy atom. The number of nitrogens with zero attached hydrogens (tertiary/aromatic N) is 1. The average molecular weight is 457 g/mol. The Labute approximate surface area is 186 Å². The molecule has 3 aromatic rings. The Morgan fingerprint density at radius 1 is 0.968 bits per heavy atom. The third-order valence-corrected chi connectivity index (χ3v) is 8.47. The van der Waals surface area contributed by atoms with E-state index in [1.165, 1.54) is 4.31 Å². The highest BCUT2D eigenvalue weighted by Gasteiger charge is 2.28. The fraction of sp³-hybridized carbons (Fsp3) is 0.261. The molecule has 0 spiro atoms. The number of carbonyl (C=O) groups excluding carboxylic acids is 1. The minimum atomic E-state index is -3.44. The molecule has 0 bridgehead atoms. The van der Waals surface area contributed by atoms with Crippen LogP contribution in [-0.4, -0.2) is 31.7 Å². The number of sulfonamides is 1. The normalized spacial score (nSPS) is 14.5. The van der Waals surface area contributed by atoms with Gasteiger partial charge in [0.1, 0.15) is 16.6 Å². The van der Waals surface area contributed by atoms with Crippen LogP contribution in [0, 0.1) is 0 Å². The predicted molar refractivity (Wildman–Crippen MR) is 122 cm³/mol. The fourth-order valence-electron chi connectivity index (χ4n) is 3.39. The van der Waals surface area contributed by atoms with Crippen molar-refractivity contribution < 1.29 is 17.9 Å². The van der Waals surface area contributed by atoms with E-state index in [0.29, 0.717) is 29.6 Å². The first-order valence-electron chi connectivity index (χ1n) is 10.2. The second-order valence-corrected chi connectivity index (χ2v) is 10.7. The highest BCUT2D eigenvalue weighted by atomic mass is 32.2. The maximum absolute atomic E-state index is 12.6. The Morgan fingerprint density at radius 2 is 1.68 bits per heavy atom. The number of hydrogen-bond acceptors (Lipinski definition) is 5. The van der Waals surface area contributed by atoms with Crippen LogP contribution in [0.2, 0.25) is 0 Å². The van der Waals surface area contributed by atoms with Crippen LogP contribution in [0.1, 0.15) is 23.3 Å². The predicted octanol–water partition coefficient (Wildman–Crippen LogP) is 4.29. The van der Waals surface area contributed by atoms with E-state index in [-0.39, 0.29) is 12.3 Å². The summed E-state index contributed by atoms with van der Waals surface area (Å²) in [6.07, 6.45) is 1.93. The van der Waals surface area contributed by atoms with Crippen molar-refractivity contribution in [2.75, 3.05) is 18.4 Å². The summed E-state index contributed by atoms with van der Waals surface area (Å²) in [4.78, 5) is 13.1. The lowest BCUT2D eigenvalue weighted by Crippen LogP contribution is -2.27. The van der Waals surface area contributed by atoms with Crippen LogP contribution in [0.25, 0.3) is 0 Å². The Bertz CT molecular complexity index is 1120. The van der Waals surface area contributed by atoms with Gasteiger partial charge in [-0.05, 0) is 54.8 Å². The molecule has 31 heavy (non-hydrogen) atoms. The Hall–Kier alpha value is -2.68. The number of nitrogens with one attached hydrogen (secondary N) is 1. The van der Waals surface area contributed by atoms with E-state index in [9.17, 15) is 13.2 Å². The molecule has 0 atom stereocenters. The van der Waals surface area contributed by atoms with Crippen molar-refractivity contribution in [2.45, 2.75) is 30.1 Å². The minimum absolute atomic E-state index is 0.131. The number of thiophene rings is 1. The molecule has 0 radical (unpaired) electrons. The summed E-state index contributed by atoms with van der Waals surface area (Å²) >= 11 is 1.16. The molecule has 4 rings (SSSR count). The van der Waals surface area contributed by atoms with Gasteiger partial charge in [0.05, 0.1) is 6.42 Å². The van der Waals surface area contributed by atoms with Crippen molar-refractivity contribution in [3.8, 4) is 5.75 Å². The second kappa shape index (κ2) is 9.64. The summed E-state index contributed by atoms with van der Waals surface area (Å²) in [5, 5.41) is 2.85. The van der Waals surface area contributed by atoms with Gasteiger partial charge in [-0.25, -0.2) is 8.42 Å². The summed E-state index contributed by atoms with van der Waals surface area (Å²) < 4.78 is 32.8. The van der Waals surface area contributed by atoms with E-state index in [1.807, 2.05) is 42.5 Å². The van der Waals surface area contributed by atoms with Gasteiger partial charge in [-0.3, -0.25) is 4.79 Å². The fourth-order valence-corrected chi connectivity index (χ4v) is 6.41. The first-order chi connectivity index (χ1) is 15.0. The molecule has 1 aromatic heterocycles. The largest absolute Gasteiger partial charge is 0.489 e. The molecule has 0 saturated carbocycles. The number of ether oxygens (including phenoxy) is 1. The number of amides is 1. The quantitative estimate of drug-likeness (QED) is 0.549. The molecule has 2 heterocycles. The van der Waals surface area contributed by atoms with Crippen molar-refractivity contribution in [1.29, 1.82) is 0 Å².